The van der Waals surface area contributed by atoms with E-state index in [-0.39, 0.29) is 5.91 Å². The van der Waals surface area contributed by atoms with Crippen molar-refractivity contribution >= 4 is 5.91 Å². The van der Waals surface area contributed by atoms with E-state index in [0.29, 0.717) is 19.0 Å². The molecule has 4 heterocycles. The third kappa shape index (κ3) is 4.26. The van der Waals surface area contributed by atoms with Crippen LogP contribution in [0.2, 0.25) is 0 Å². The van der Waals surface area contributed by atoms with E-state index >= 15 is 0 Å². The lowest BCUT2D eigenvalue weighted by atomic mass is 9.87. The van der Waals surface area contributed by atoms with Crippen LogP contribution in [-0.2, 0) is 26.4 Å². The van der Waals surface area contributed by atoms with Crippen molar-refractivity contribution in [2.45, 2.75) is 57.8 Å². The van der Waals surface area contributed by atoms with Gasteiger partial charge in [0.2, 0.25) is 0 Å². The number of rotatable bonds is 5. The predicted molar refractivity (Wildman–Crippen MR) is 106 cm³/mol. The first-order valence-electron chi connectivity index (χ1n) is 10.8. The van der Waals surface area contributed by atoms with Gasteiger partial charge in [-0.3, -0.25) is 4.79 Å². The minimum absolute atomic E-state index is 0.00272. The molecule has 1 spiro atoms. The average molecular weight is 391 g/mol. The Morgan fingerprint density at radius 2 is 2.07 bits per heavy atom. The molecular weight excluding hydrogens is 356 g/mol. The number of amides is 1. The summed E-state index contributed by atoms with van der Waals surface area (Å²) < 4.78 is 14.1. The van der Waals surface area contributed by atoms with Crippen LogP contribution in [0.4, 0.5) is 0 Å². The largest absolute Gasteiger partial charge is 0.381 e. The number of piperidine rings is 1. The summed E-state index contributed by atoms with van der Waals surface area (Å²) >= 11 is 0. The molecule has 1 aromatic heterocycles. The van der Waals surface area contributed by atoms with E-state index in [1.807, 2.05) is 12.4 Å². The second-order valence-electron chi connectivity index (χ2n) is 9.00. The highest BCUT2D eigenvalue weighted by Crippen LogP contribution is 2.40. The van der Waals surface area contributed by atoms with E-state index in [1.165, 1.54) is 12.8 Å². The first-order valence-corrected chi connectivity index (χ1v) is 10.8. The Kier molecular flexibility index (Phi) is 6.04. The van der Waals surface area contributed by atoms with Crippen molar-refractivity contribution in [2.24, 2.45) is 11.8 Å². The lowest BCUT2D eigenvalue weighted by Gasteiger charge is -2.46. The molecule has 3 aliphatic heterocycles. The summed E-state index contributed by atoms with van der Waals surface area (Å²) in [5, 5.41) is 3.04. The van der Waals surface area contributed by atoms with Crippen molar-refractivity contribution in [3.8, 4) is 0 Å². The number of nitrogens with one attached hydrogen (secondary N) is 1. The van der Waals surface area contributed by atoms with Crippen molar-refractivity contribution in [1.29, 1.82) is 0 Å². The zero-order valence-corrected chi connectivity index (χ0v) is 17.2. The van der Waals surface area contributed by atoms with Gasteiger partial charge in [-0.15, -0.1) is 0 Å². The molecule has 0 unspecified atom stereocenters. The Bertz CT molecular complexity index is 660. The number of fused-ring (bicyclic) bond motifs is 2. The molecule has 7 nitrogen and oxygen atoms in total. The smallest absolute Gasteiger partial charge is 0.251 e. The molecule has 1 amide bonds. The van der Waals surface area contributed by atoms with E-state index in [1.54, 1.807) is 0 Å². The Morgan fingerprint density at radius 3 is 2.79 bits per heavy atom. The second-order valence-corrected chi connectivity index (χ2v) is 9.00. The maximum atomic E-state index is 12.7. The number of imidazole rings is 1. The van der Waals surface area contributed by atoms with Crippen LogP contribution in [0.5, 0.6) is 0 Å². The standard InChI is InChI=1S/C21H34N4O3/c1-16(2)13-23-19(26)18-15-25-10-7-22-20(25)21(28-18)5-8-24(9-6-21)14-17-3-11-27-12-4-17/h7,10,16-18H,3-6,8-9,11-15H2,1-2H3,(H,23,26)/t18-/m1/s1. The van der Waals surface area contributed by atoms with Crippen molar-refractivity contribution in [3.63, 3.8) is 0 Å². The van der Waals surface area contributed by atoms with Crippen LogP contribution in [0, 0.1) is 11.8 Å². The van der Waals surface area contributed by atoms with Gasteiger partial charge in [-0.1, -0.05) is 13.8 Å². The van der Waals surface area contributed by atoms with Gasteiger partial charge in [0, 0.05) is 51.8 Å². The maximum absolute atomic E-state index is 12.7. The zero-order valence-electron chi connectivity index (χ0n) is 17.2. The van der Waals surface area contributed by atoms with Crippen molar-refractivity contribution in [2.75, 3.05) is 39.4 Å². The van der Waals surface area contributed by atoms with E-state index in [9.17, 15) is 4.79 Å². The summed E-state index contributed by atoms with van der Waals surface area (Å²) in [6.07, 6.45) is 7.49. The van der Waals surface area contributed by atoms with Crippen LogP contribution in [0.1, 0.15) is 45.4 Å². The van der Waals surface area contributed by atoms with Crippen LogP contribution in [-0.4, -0.2) is 65.9 Å². The molecule has 1 aromatic rings. The Labute approximate surface area is 167 Å². The minimum Gasteiger partial charge on any atom is -0.381 e. The highest BCUT2D eigenvalue weighted by Gasteiger charge is 2.47. The Hall–Kier alpha value is -1.44. The topological polar surface area (TPSA) is 68.6 Å². The number of carbonyl (C=O) groups excluding carboxylic acids is 1. The fourth-order valence-corrected chi connectivity index (χ4v) is 4.68. The second kappa shape index (κ2) is 8.51. The Balaban J connectivity index is 1.41. The van der Waals surface area contributed by atoms with E-state index in [0.717, 1.165) is 57.4 Å². The molecule has 3 aliphatic rings. The van der Waals surface area contributed by atoms with E-state index < -0.39 is 11.7 Å². The molecular formula is C21H34N4O3. The quantitative estimate of drug-likeness (QED) is 0.830. The normalized spacial score (nSPS) is 25.8. The molecule has 4 rings (SSSR count). The van der Waals surface area contributed by atoms with Crippen LogP contribution in [0.15, 0.2) is 12.4 Å². The van der Waals surface area contributed by atoms with Gasteiger partial charge in [0.15, 0.2) is 6.10 Å². The van der Waals surface area contributed by atoms with Gasteiger partial charge in [0.25, 0.3) is 5.91 Å². The average Bonchev–Trinajstić information content (AvgIpc) is 3.18. The molecule has 0 aliphatic carbocycles. The number of nitrogens with zero attached hydrogens (tertiary/aromatic N) is 3. The fraction of sp³-hybridized carbons (Fsp3) is 0.810. The fourth-order valence-electron chi connectivity index (χ4n) is 4.68. The summed E-state index contributed by atoms with van der Waals surface area (Å²) in [6, 6.07) is 0. The molecule has 2 fully saturated rings. The molecule has 156 valence electrons. The molecule has 28 heavy (non-hydrogen) atoms. The number of aromatic nitrogens is 2. The van der Waals surface area contributed by atoms with Gasteiger partial charge in [0.05, 0.1) is 6.54 Å². The molecule has 0 saturated carbocycles. The van der Waals surface area contributed by atoms with E-state index in [2.05, 4.69) is 33.6 Å². The SMILES string of the molecule is CC(C)CNC(=O)[C@H]1Cn2ccnc2C2(CCN(CC3CCOCC3)CC2)O1. The molecule has 0 bridgehead atoms. The number of hydrogen-bond donors (Lipinski definition) is 1. The van der Waals surface area contributed by atoms with Gasteiger partial charge in [-0.25, -0.2) is 4.98 Å². The van der Waals surface area contributed by atoms with Crippen LogP contribution in [0.25, 0.3) is 0 Å². The number of carbonyl (C=O) groups is 1. The number of ether oxygens (including phenoxy) is 2. The summed E-state index contributed by atoms with van der Waals surface area (Å²) in [4.78, 5) is 19.9. The van der Waals surface area contributed by atoms with Crippen molar-refractivity contribution in [1.82, 2.24) is 19.8 Å². The first-order chi connectivity index (χ1) is 13.6. The lowest BCUT2D eigenvalue weighted by Crippen LogP contribution is -2.54. The maximum Gasteiger partial charge on any atom is 0.251 e. The van der Waals surface area contributed by atoms with Gasteiger partial charge in [-0.2, -0.15) is 0 Å². The molecule has 1 N–H and O–H groups in total. The predicted octanol–water partition coefficient (Wildman–Crippen LogP) is 1.77. The lowest BCUT2D eigenvalue weighted by molar-refractivity contribution is -0.174. The molecule has 7 heteroatoms. The number of likely N-dealkylation sites (tertiary alicyclic amines) is 1. The van der Waals surface area contributed by atoms with Crippen LogP contribution in [0.3, 0.4) is 0 Å². The third-order valence-electron chi connectivity index (χ3n) is 6.35. The number of hydrogen-bond acceptors (Lipinski definition) is 5. The van der Waals surface area contributed by atoms with Crippen LogP contribution >= 0.6 is 0 Å². The van der Waals surface area contributed by atoms with Crippen molar-refractivity contribution in [3.05, 3.63) is 18.2 Å². The first kappa shape index (κ1) is 19.9. The molecule has 2 saturated heterocycles. The summed E-state index contributed by atoms with van der Waals surface area (Å²) in [5.41, 5.74) is -0.437. The van der Waals surface area contributed by atoms with Gasteiger partial charge >= 0.3 is 0 Å². The van der Waals surface area contributed by atoms with E-state index in [4.69, 9.17) is 9.47 Å². The Morgan fingerprint density at radius 1 is 1.32 bits per heavy atom. The molecule has 0 radical (unpaired) electrons. The van der Waals surface area contributed by atoms with Gasteiger partial charge in [-0.05, 0) is 37.5 Å². The van der Waals surface area contributed by atoms with Gasteiger partial charge in [0.1, 0.15) is 11.4 Å². The summed E-state index contributed by atoms with van der Waals surface area (Å²) in [6.45, 7) is 10.4. The van der Waals surface area contributed by atoms with Crippen molar-refractivity contribution < 1.29 is 14.3 Å². The van der Waals surface area contributed by atoms with Crippen LogP contribution < -0.4 is 5.32 Å². The zero-order chi connectivity index (χ0) is 19.6. The minimum atomic E-state index is -0.442. The molecule has 1 atom stereocenters. The summed E-state index contributed by atoms with van der Waals surface area (Å²) in [7, 11) is 0. The highest BCUT2D eigenvalue weighted by molar-refractivity contribution is 5.80. The van der Waals surface area contributed by atoms with Gasteiger partial charge < -0.3 is 24.3 Å². The third-order valence-corrected chi connectivity index (χ3v) is 6.35. The monoisotopic (exact) mass is 390 g/mol. The molecule has 0 aromatic carbocycles. The highest BCUT2D eigenvalue weighted by atomic mass is 16.5. The summed E-state index contributed by atoms with van der Waals surface area (Å²) in [5.74, 6) is 2.16.